The first-order valence-electron chi connectivity index (χ1n) is 8.37. The smallest absolute Gasteiger partial charge is 0.307 e. The van der Waals surface area contributed by atoms with Gasteiger partial charge in [-0.1, -0.05) is 11.6 Å². The first kappa shape index (κ1) is 17.8. The van der Waals surface area contributed by atoms with Crippen molar-refractivity contribution >= 4 is 5.97 Å². The molecular formula is C18H27NO4. The molecule has 0 bridgehead atoms. The molecule has 128 valence electrons. The van der Waals surface area contributed by atoms with E-state index in [1.807, 2.05) is 32.0 Å². The number of aryl methyl sites for hydroxylation is 1. The molecule has 0 amide bonds. The van der Waals surface area contributed by atoms with Gasteiger partial charge in [-0.2, -0.15) is 0 Å². The van der Waals surface area contributed by atoms with E-state index >= 15 is 0 Å². The third kappa shape index (κ3) is 4.94. The summed E-state index contributed by atoms with van der Waals surface area (Å²) in [6, 6.07) is 5.84. The molecule has 1 aliphatic rings. The van der Waals surface area contributed by atoms with Crippen LogP contribution in [0.25, 0.3) is 0 Å². The minimum absolute atomic E-state index is 0.279. The average Bonchev–Trinajstić information content (AvgIpc) is 2.54. The van der Waals surface area contributed by atoms with Gasteiger partial charge in [0.15, 0.2) is 0 Å². The van der Waals surface area contributed by atoms with E-state index < -0.39 is 12.1 Å². The SMILES string of the molecule is CCOc1ccc(C)cc1C(O)CCN1CCCC(C(=O)O)C1. The van der Waals surface area contributed by atoms with Gasteiger partial charge in [-0.3, -0.25) is 4.79 Å². The molecule has 0 aliphatic carbocycles. The van der Waals surface area contributed by atoms with Gasteiger partial charge in [0.1, 0.15) is 5.75 Å². The molecule has 5 nitrogen and oxygen atoms in total. The zero-order chi connectivity index (χ0) is 16.8. The third-order valence-electron chi connectivity index (χ3n) is 4.40. The standard InChI is InChI=1S/C18H27NO4/c1-3-23-17-7-6-13(2)11-15(17)16(20)8-10-19-9-4-5-14(12-19)18(21)22/h6-7,11,14,16,20H,3-5,8-10,12H2,1-2H3,(H,21,22). The van der Waals surface area contributed by atoms with Crippen LogP contribution in [-0.4, -0.2) is 47.3 Å². The van der Waals surface area contributed by atoms with Crippen molar-refractivity contribution in [2.24, 2.45) is 5.92 Å². The van der Waals surface area contributed by atoms with E-state index in [1.54, 1.807) is 0 Å². The van der Waals surface area contributed by atoms with E-state index in [2.05, 4.69) is 4.90 Å². The molecular weight excluding hydrogens is 294 g/mol. The minimum atomic E-state index is -0.715. The normalized spacial score (nSPS) is 20.2. The molecule has 0 radical (unpaired) electrons. The fourth-order valence-corrected chi connectivity index (χ4v) is 3.14. The predicted molar refractivity (Wildman–Crippen MR) is 88.7 cm³/mol. The molecule has 2 atom stereocenters. The number of ether oxygens (including phenoxy) is 1. The molecule has 1 fully saturated rings. The van der Waals surface area contributed by atoms with Gasteiger partial charge in [-0.25, -0.2) is 0 Å². The topological polar surface area (TPSA) is 70.0 Å². The Kier molecular flexibility index (Phi) is 6.42. The quantitative estimate of drug-likeness (QED) is 0.808. The Morgan fingerprint density at radius 3 is 2.96 bits per heavy atom. The molecule has 2 N–H and O–H groups in total. The Bertz CT molecular complexity index is 532. The molecule has 0 saturated carbocycles. The van der Waals surface area contributed by atoms with Crippen LogP contribution < -0.4 is 4.74 Å². The van der Waals surface area contributed by atoms with Crippen molar-refractivity contribution in [1.82, 2.24) is 4.90 Å². The summed E-state index contributed by atoms with van der Waals surface area (Å²) in [6.07, 6.45) is 1.64. The first-order valence-corrected chi connectivity index (χ1v) is 8.37. The second kappa shape index (κ2) is 8.31. The number of nitrogens with zero attached hydrogens (tertiary/aromatic N) is 1. The van der Waals surface area contributed by atoms with Gasteiger partial charge in [-0.05, 0) is 51.8 Å². The molecule has 5 heteroatoms. The zero-order valence-corrected chi connectivity index (χ0v) is 14.0. The van der Waals surface area contributed by atoms with Crippen LogP contribution in [0.15, 0.2) is 18.2 Å². The fourth-order valence-electron chi connectivity index (χ4n) is 3.14. The summed E-state index contributed by atoms with van der Waals surface area (Å²) in [5.74, 6) is -0.265. The fraction of sp³-hybridized carbons (Fsp3) is 0.611. The maximum atomic E-state index is 11.1. The number of aliphatic carboxylic acids is 1. The van der Waals surface area contributed by atoms with E-state index in [4.69, 9.17) is 9.84 Å². The summed E-state index contributed by atoms with van der Waals surface area (Å²) in [6.45, 7) is 6.67. The number of likely N-dealkylation sites (tertiary alicyclic amines) is 1. The van der Waals surface area contributed by atoms with Crippen LogP contribution in [-0.2, 0) is 4.79 Å². The van der Waals surface area contributed by atoms with Crippen LogP contribution in [0, 0.1) is 12.8 Å². The Morgan fingerprint density at radius 1 is 1.48 bits per heavy atom. The molecule has 1 aromatic carbocycles. The highest BCUT2D eigenvalue weighted by Crippen LogP contribution is 2.29. The van der Waals surface area contributed by atoms with Crippen LogP contribution >= 0.6 is 0 Å². The van der Waals surface area contributed by atoms with Crippen LogP contribution in [0.2, 0.25) is 0 Å². The largest absolute Gasteiger partial charge is 0.493 e. The van der Waals surface area contributed by atoms with E-state index in [1.165, 1.54) is 0 Å². The number of carboxylic acids is 1. The van der Waals surface area contributed by atoms with E-state index in [-0.39, 0.29) is 5.92 Å². The Morgan fingerprint density at radius 2 is 2.26 bits per heavy atom. The lowest BCUT2D eigenvalue weighted by Crippen LogP contribution is -2.39. The molecule has 1 heterocycles. The number of piperidine rings is 1. The monoisotopic (exact) mass is 321 g/mol. The summed E-state index contributed by atoms with van der Waals surface area (Å²) in [7, 11) is 0. The molecule has 0 spiro atoms. The molecule has 23 heavy (non-hydrogen) atoms. The van der Waals surface area contributed by atoms with Gasteiger partial charge in [-0.15, -0.1) is 0 Å². The Hall–Kier alpha value is -1.59. The lowest BCUT2D eigenvalue weighted by Gasteiger charge is -2.31. The number of carbonyl (C=O) groups is 1. The zero-order valence-electron chi connectivity index (χ0n) is 14.0. The van der Waals surface area contributed by atoms with E-state index in [0.29, 0.717) is 26.1 Å². The Balaban J connectivity index is 1.95. The van der Waals surface area contributed by atoms with Crippen molar-refractivity contribution in [3.8, 4) is 5.75 Å². The lowest BCUT2D eigenvalue weighted by molar-refractivity contribution is -0.143. The van der Waals surface area contributed by atoms with Crippen molar-refractivity contribution in [2.75, 3.05) is 26.2 Å². The number of hydrogen-bond acceptors (Lipinski definition) is 4. The number of aliphatic hydroxyl groups excluding tert-OH is 1. The van der Waals surface area contributed by atoms with Crippen LogP contribution in [0.4, 0.5) is 0 Å². The van der Waals surface area contributed by atoms with Crippen molar-refractivity contribution in [3.63, 3.8) is 0 Å². The van der Waals surface area contributed by atoms with E-state index in [9.17, 15) is 9.90 Å². The van der Waals surface area contributed by atoms with Crippen molar-refractivity contribution in [2.45, 2.75) is 39.2 Å². The minimum Gasteiger partial charge on any atom is -0.493 e. The van der Waals surface area contributed by atoms with Crippen molar-refractivity contribution in [1.29, 1.82) is 0 Å². The summed E-state index contributed by atoms with van der Waals surface area (Å²) in [4.78, 5) is 13.3. The second-order valence-electron chi connectivity index (χ2n) is 6.26. The first-order chi connectivity index (χ1) is 11.0. The van der Waals surface area contributed by atoms with Gasteiger partial charge in [0.25, 0.3) is 0 Å². The number of rotatable bonds is 7. The molecule has 0 aromatic heterocycles. The Labute approximate surface area is 137 Å². The number of aliphatic hydroxyl groups is 1. The highest BCUT2D eigenvalue weighted by atomic mass is 16.5. The highest BCUT2D eigenvalue weighted by molar-refractivity contribution is 5.70. The summed E-state index contributed by atoms with van der Waals surface area (Å²) in [5.41, 5.74) is 1.91. The molecule has 1 saturated heterocycles. The van der Waals surface area contributed by atoms with Crippen LogP contribution in [0.1, 0.15) is 43.4 Å². The second-order valence-corrected chi connectivity index (χ2v) is 6.26. The van der Waals surface area contributed by atoms with E-state index in [0.717, 1.165) is 36.3 Å². The number of hydrogen-bond donors (Lipinski definition) is 2. The average molecular weight is 321 g/mol. The predicted octanol–water partition coefficient (Wildman–Crippen LogP) is 2.61. The van der Waals surface area contributed by atoms with Crippen LogP contribution in [0.3, 0.4) is 0 Å². The molecule has 1 aromatic rings. The summed E-state index contributed by atoms with van der Waals surface area (Å²) < 4.78 is 5.60. The van der Waals surface area contributed by atoms with Gasteiger partial charge in [0.05, 0.1) is 18.6 Å². The highest BCUT2D eigenvalue weighted by Gasteiger charge is 2.25. The third-order valence-corrected chi connectivity index (χ3v) is 4.40. The molecule has 1 aliphatic heterocycles. The van der Waals surface area contributed by atoms with Gasteiger partial charge < -0.3 is 19.8 Å². The number of carboxylic acid groups (broad SMARTS) is 1. The van der Waals surface area contributed by atoms with Crippen LogP contribution in [0.5, 0.6) is 5.75 Å². The summed E-state index contributed by atoms with van der Waals surface area (Å²) >= 11 is 0. The molecule has 2 rings (SSSR count). The van der Waals surface area contributed by atoms with Crippen molar-refractivity contribution < 1.29 is 19.7 Å². The van der Waals surface area contributed by atoms with Crippen molar-refractivity contribution in [3.05, 3.63) is 29.3 Å². The van der Waals surface area contributed by atoms with Gasteiger partial charge in [0, 0.05) is 18.7 Å². The lowest BCUT2D eigenvalue weighted by atomic mass is 9.97. The molecule has 2 unspecified atom stereocenters. The maximum Gasteiger partial charge on any atom is 0.307 e. The summed E-state index contributed by atoms with van der Waals surface area (Å²) in [5, 5.41) is 19.7. The maximum absolute atomic E-state index is 11.1. The van der Waals surface area contributed by atoms with Gasteiger partial charge >= 0.3 is 5.97 Å². The number of benzene rings is 1. The van der Waals surface area contributed by atoms with Gasteiger partial charge in [0.2, 0.25) is 0 Å².